The number of hydrogen-bond donors (Lipinski definition) is 1. The summed E-state index contributed by atoms with van der Waals surface area (Å²) >= 11 is 6.05. The molecule has 1 rings (SSSR count). The summed E-state index contributed by atoms with van der Waals surface area (Å²) in [5, 5.41) is 12.7. The minimum Gasteiger partial charge on any atom is -0.411 e. The maximum absolute atomic E-state index is 8.83. The zero-order valence-electron chi connectivity index (χ0n) is 9.21. The first kappa shape index (κ1) is 12.6. The van der Waals surface area contributed by atoms with Gasteiger partial charge in [0, 0.05) is 0 Å². The van der Waals surface area contributed by atoms with Gasteiger partial charge < -0.3 is 5.21 Å². The van der Waals surface area contributed by atoms with E-state index in [0.717, 1.165) is 19.3 Å². The summed E-state index contributed by atoms with van der Waals surface area (Å²) in [6.45, 7) is 0. The van der Waals surface area contributed by atoms with Crippen LogP contribution in [0.1, 0.15) is 57.8 Å². The molecule has 0 aromatic carbocycles. The lowest BCUT2D eigenvalue weighted by molar-refractivity contribution is 0.318. The predicted octanol–water partition coefficient (Wildman–Crippen LogP) is 4.46. The largest absolute Gasteiger partial charge is 0.411 e. The van der Waals surface area contributed by atoms with Gasteiger partial charge in [-0.2, -0.15) is 0 Å². The Bertz CT molecular complexity index is 236. The van der Waals surface area contributed by atoms with Gasteiger partial charge in [0.05, 0.1) is 10.7 Å². The summed E-state index contributed by atoms with van der Waals surface area (Å²) in [7, 11) is 0. The van der Waals surface area contributed by atoms with Crippen LogP contribution in [0.3, 0.4) is 0 Å². The van der Waals surface area contributed by atoms with E-state index in [2.05, 4.69) is 5.16 Å². The fourth-order valence-corrected chi connectivity index (χ4v) is 2.13. The molecule has 0 bridgehead atoms. The van der Waals surface area contributed by atoms with Crippen molar-refractivity contribution in [2.45, 2.75) is 57.8 Å². The Labute approximate surface area is 97.0 Å². The van der Waals surface area contributed by atoms with Crippen molar-refractivity contribution in [3.8, 4) is 0 Å². The van der Waals surface area contributed by atoms with Crippen LogP contribution in [0.4, 0.5) is 0 Å². The van der Waals surface area contributed by atoms with Crippen molar-refractivity contribution in [1.82, 2.24) is 0 Å². The third-order valence-electron chi connectivity index (χ3n) is 2.84. The van der Waals surface area contributed by atoms with E-state index in [1.165, 1.54) is 38.5 Å². The molecule has 0 saturated carbocycles. The van der Waals surface area contributed by atoms with Crippen LogP contribution in [-0.2, 0) is 0 Å². The molecule has 0 aromatic heterocycles. The third kappa shape index (κ3) is 5.22. The van der Waals surface area contributed by atoms with Crippen molar-refractivity contribution in [3.63, 3.8) is 0 Å². The molecule has 1 N–H and O–H groups in total. The fourth-order valence-electron chi connectivity index (χ4n) is 1.88. The number of hydrogen-bond acceptors (Lipinski definition) is 2. The van der Waals surface area contributed by atoms with Gasteiger partial charge in [0.1, 0.15) is 0 Å². The Hall–Kier alpha value is -0.500. The van der Waals surface area contributed by atoms with Gasteiger partial charge in [-0.1, -0.05) is 54.9 Å². The molecular weight excluding hydrogens is 210 g/mol. The van der Waals surface area contributed by atoms with Crippen molar-refractivity contribution in [2.24, 2.45) is 5.16 Å². The Balaban J connectivity index is 2.51. The van der Waals surface area contributed by atoms with Crippen molar-refractivity contribution >= 4 is 17.3 Å². The predicted molar refractivity (Wildman–Crippen MR) is 64.7 cm³/mol. The van der Waals surface area contributed by atoms with Gasteiger partial charge in [-0.15, -0.1) is 0 Å². The fraction of sp³-hybridized carbons (Fsp3) is 0.750. The van der Waals surface area contributed by atoms with Crippen LogP contribution in [0.2, 0.25) is 0 Å². The Kier molecular flexibility index (Phi) is 6.49. The van der Waals surface area contributed by atoms with Gasteiger partial charge in [0.25, 0.3) is 0 Å². The lowest BCUT2D eigenvalue weighted by Crippen LogP contribution is -1.99. The Morgan fingerprint density at radius 3 is 2.27 bits per heavy atom. The molecule has 15 heavy (non-hydrogen) atoms. The second-order valence-corrected chi connectivity index (χ2v) is 4.52. The second-order valence-electron chi connectivity index (χ2n) is 4.11. The van der Waals surface area contributed by atoms with E-state index in [1.54, 1.807) is 0 Å². The van der Waals surface area contributed by atoms with Crippen LogP contribution in [-0.4, -0.2) is 10.9 Å². The molecule has 0 aliphatic heterocycles. The first-order chi connectivity index (χ1) is 7.34. The molecule has 0 atom stereocenters. The normalized spacial score (nSPS) is 24.1. The van der Waals surface area contributed by atoms with E-state index in [4.69, 9.17) is 16.8 Å². The molecule has 86 valence electrons. The lowest BCUT2D eigenvalue weighted by Gasteiger charge is -2.06. The van der Waals surface area contributed by atoms with E-state index in [0.29, 0.717) is 10.7 Å². The SMILES string of the molecule is ON=C1CCCCCCCCCC=C1Cl. The van der Waals surface area contributed by atoms with Gasteiger partial charge in [-0.3, -0.25) is 0 Å². The van der Waals surface area contributed by atoms with Crippen molar-refractivity contribution < 1.29 is 5.21 Å². The number of nitrogens with zero attached hydrogens (tertiary/aromatic N) is 1. The average Bonchev–Trinajstić information content (AvgIpc) is 2.23. The van der Waals surface area contributed by atoms with Crippen LogP contribution in [0.25, 0.3) is 0 Å². The summed E-state index contributed by atoms with van der Waals surface area (Å²) in [6.07, 6.45) is 12.5. The lowest BCUT2D eigenvalue weighted by atomic mass is 10.0. The van der Waals surface area contributed by atoms with Crippen molar-refractivity contribution in [3.05, 3.63) is 11.1 Å². The first-order valence-corrected chi connectivity index (χ1v) is 6.29. The molecule has 0 unspecified atom stereocenters. The van der Waals surface area contributed by atoms with Gasteiger partial charge >= 0.3 is 0 Å². The number of oxime groups is 1. The number of allylic oxidation sites excluding steroid dienone is 2. The standard InChI is InChI=1S/C12H20ClNO/c13-11-9-7-5-3-1-2-4-6-8-10-12(11)14-15/h9,15H,1-8,10H2. The second kappa shape index (κ2) is 7.75. The van der Waals surface area contributed by atoms with Crippen LogP contribution in [0, 0.1) is 0 Å². The summed E-state index contributed by atoms with van der Waals surface area (Å²) in [5.41, 5.74) is 0.650. The minimum atomic E-state index is 0.637. The molecular formula is C12H20ClNO. The Morgan fingerprint density at radius 2 is 1.60 bits per heavy atom. The van der Waals surface area contributed by atoms with E-state index in [9.17, 15) is 0 Å². The highest BCUT2D eigenvalue weighted by atomic mass is 35.5. The van der Waals surface area contributed by atoms with Gasteiger partial charge in [0.2, 0.25) is 0 Å². The smallest absolute Gasteiger partial charge is 0.0978 e. The van der Waals surface area contributed by atoms with Crippen LogP contribution < -0.4 is 0 Å². The van der Waals surface area contributed by atoms with Crippen molar-refractivity contribution in [2.75, 3.05) is 0 Å². The number of halogens is 1. The Morgan fingerprint density at radius 1 is 1.00 bits per heavy atom. The monoisotopic (exact) mass is 229 g/mol. The van der Waals surface area contributed by atoms with Crippen LogP contribution in [0.15, 0.2) is 16.3 Å². The van der Waals surface area contributed by atoms with E-state index in [-0.39, 0.29) is 0 Å². The molecule has 0 amide bonds. The number of rotatable bonds is 0. The highest BCUT2D eigenvalue weighted by Gasteiger charge is 2.05. The average molecular weight is 230 g/mol. The zero-order valence-corrected chi connectivity index (χ0v) is 9.97. The summed E-state index contributed by atoms with van der Waals surface area (Å²) in [6, 6.07) is 0. The quantitative estimate of drug-likeness (QED) is 0.483. The zero-order chi connectivity index (χ0) is 10.9. The molecule has 0 fully saturated rings. The molecule has 3 heteroatoms. The summed E-state index contributed by atoms with van der Waals surface area (Å²) in [5.74, 6) is 0. The van der Waals surface area contributed by atoms with E-state index in [1.807, 2.05) is 6.08 Å². The van der Waals surface area contributed by atoms with Crippen LogP contribution >= 0.6 is 11.6 Å². The minimum absolute atomic E-state index is 0.637. The van der Waals surface area contributed by atoms with E-state index < -0.39 is 0 Å². The van der Waals surface area contributed by atoms with Crippen LogP contribution in [0.5, 0.6) is 0 Å². The highest BCUT2D eigenvalue weighted by Crippen LogP contribution is 2.17. The maximum Gasteiger partial charge on any atom is 0.0978 e. The first-order valence-electron chi connectivity index (χ1n) is 5.91. The highest BCUT2D eigenvalue weighted by molar-refractivity contribution is 6.43. The van der Waals surface area contributed by atoms with Crippen molar-refractivity contribution in [1.29, 1.82) is 0 Å². The molecule has 0 heterocycles. The maximum atomic E-state index is 8.83. The molecule has 0 radical (unpaired) electrons. The molecule has 0 saturated heterocycles. The van der Waals surface area contributed by atoms with Gasteiger partial charge in [-0.25, -0.2) is 0 Å². The molecule has 0 aromatic rings. The van der Waals surface area contributed by atoms with Gasteiger partial charge in [0.15, 0.2) is 0 Å². The summed E-state index contributed by atoms with van der Waals surface area (Å²) < 4.78 is 0. The summed E-state index contributed by atoms with van der Waals surface area (Å²) in [4.78, 5) is 0. The van der Waals surface area contributed by atoms with Gasteiger partial charge in [-0.05, 0) is 25.7 Å². The molecule has 1 aliphatic carbocycles. The molecule has 2 nitrogen and oxygen atoms in total. The third-order valence-corrected chi connectivity index (χ3v) is 3.21. The topological polar surface area (TPSA) is 32.6 Å². The molecule has 0 spiro atoms. The van der Waals surface area contributed by atoms with E-state index >= 15 is 0 Å². The molecule has 1 aliphatic rings.